The van der Waals surface area contributed by atoms with Gasteiger partial charge in [-0.2, -0.15) is 0 Å². The minimum absolute atomic E-state index is 0.182. The van der Waals surface area contributed by atoms with E-state index in [1.54, 1.807) is 13.2 Å². The average molecular weight is 383 g/mol. The van der Waals surface area contributed by atoms with Crippen molar-refractivity contribution >= 4 is 33.2 Å². The Morgan fingerprint density at radius 1 is 1.03 bits per heavy atom. The number of methoxy groups -OCH3 is 1. The lowest BCUT2D eigenvalue weighted by Crippen LogP contribution is -2.20. The average Bonchev–Trinajstić information content (AvgIpc) is 3.07. The molecule has 0 saturated heterocycles. The third kappa shape index (κ3) is 2.51. The zero-order valence-corrected chi connectivity index (χ0v) is 15.7. The van der Waals surface area contributed by atoms with E-state index in [9.17, 15) is 4.79 Å². The highest BCUT2D eigenvalue weighted by molar-refractivity contribution is 6.06. The van der Waals surface area contributed by atoms with Crippen molar-refractivity contribution in [2.24, 2.45) is 0 Å². The van der Waals surface area contributed by atoms with Gasteiger partial charge in [0.2, 0.25) is 0 Å². The maximum absolute atomic E-state index is 13.2. The van der Waals surface area contributed by atoms with Crippen molar-refractivity contribution in [3.63, 3.8) is 0 Å². The molecule has 0 amide bonds. The third-order valence-corrected chi connectivity index (χ3v) is 4.88. The molecule has 0 N–H and O–H groups in total. The number of fused-ring (bicyclic) bond motifs is 4. The number of hydrogen-bond acceptors (Lipinski definition) is 5. The first-order valence-corrected chi connectivity index (χ1v) is 9.13. The van der Waals surface area contributed by atoms with Gasteiger partial charge in [0, 0.05) is 6.54 Å². The minimum Gasteiger partial charge on any atom is -0.495 e. The Labute approximate surface area is 165 Å². The van der Waals surface area contributed by atoms with Gasteiger partial charge in [-0.15, -0.1) is 6.58 Å². The van der Waals surface area contributed by atoms with Gasteiger partial charge in [-0.05, 0) is 24.3 Å². The lowest BCUT2D eigenvalue weighted by Gasteiger charge is -2.11. The van der Waals surface area contributed by atoms with Crippen LogP contribution >= 0.6 is 0 Å². The SMILES string of the molecule is C=CCn1cnc2c(c1=O)c1nc3ccccc3nc1n2-c1ccccc1OC. The van der Waals surface area contributed by atoms with Crippen molar-refractivity contribution in [3.05, 3.63) is 77.9 Å². The summed E-state index contributed by atoms with van der Waals surface area (Å²) in [4.78, 5) is 27.4. The maximum Gasteiger partial charge on any atom is 0.265 e. The summed E-state index contributed by atoms with van der Waals surface area (Å²) in [5, 5.41) is 0.425. The van der Waals surface area contributed by atoms with Gasteiger partial charge in [-0.3, -0.25) is 13.9 Å². The van der Waals surface area contributed by atoms with E-state index in [2.05, 4.69) is 11.6 Å². The molecule has 0 aliphatic carbocycles. The molecule has 0 fully saturated rings. The van der Waals surface area contributed by atoms with Crippen LogP contribution in [-0.4, -0.2) is 31.2 Å². The number of nitrogens with zero attached hydrogens (tertiary/aromatic N) is 5. The first kappa shape index (κ1) is 17.1. The Bertz CT molecular complexity index is 1470. The van der Waals surface area contributed by atoms with E-state index in [4.69, 9.17) is 14.7 Å². The zero-order chi connectivity index (χ0) is 20.0. The van der Waals surface area contributed by atoms with E-state index in [-0.39, 0.29) is 5.56 Å². The van der Waals surface area contributed by atoms with Gasteiger partial charge in [0.05, 0.1) is 23.8 Å². The standard InChI is InChI=1S/C22H17N5O2/c1-3-12-26-13-23-20-18(22(26)28)19-21(25-15-9-5-4-8-14(15)24-19)27(20)16-10-6-7-11-17(16)29-2/h3-11,13H,1,12H2,2H3. The van der Waals surface area contributed by atoms with E-state index in [0.29, 0.717) is 34.5 Å². The predicted octanol–water partition coefficient (Wildman–Crippen LogP) is 3.48. The highest BCUT2D eigenvalue weighted by atomic mass is 16.5. The lowest BCUT2D eigenvalue weighted by molar-refractivity contribution is 0.413. The number of ether oxygens (including phenoxy) is 1. The molecule has 3 heterocycles. The van der Waals surface area contributed by atoms with Crippen LogP contribution in [-0.2, 0) is 6.54 Å². The molecule has 0 spiro atoms. The van der Waals surface area contributed by atoms with E-state index < -0.39 is 0 Å². The molecule has 0 saturated carbocycles. The summed E-state index contributed by atoms with van der Waals surface area (Å²) in [6, 6.07) is 15.2. The minimum atomic E-state index is -0.182. The van der Waals surface area contributed by atoms with Crippen LogP contribution < -0.4 is 10.3 Å². The summed E-state index contributed by atoms with van der Waals surface area (Å²) in [5.74, 6) is 0.651. The van der Waals surface area contributed by atoms with E-state index in [0.717, 1.165) is 16.7 Å². The largest absolute Gasteiger partial charge is 0.495 e. The van der Waals surface area contributed by atoms with Gasteiger partial charge < -0.3 is 4.74 Å². The normalized spacial score (nSPS) is 11.3. The summed E-state index contributed by atoms with van der Waals surface area (Å²) in [6.07, 6.45) is 3.19. The molecule has 0 unspecified atom stereocenters. The lowest BCUT2D eigenvalue weighted by atomic mass is 10.3. The second kappa shape index (κ2) is 6.56. The van der Waals surface area contributed by atoms with Crippen LogP contribution in [0.5, 0.6) is 5.75 Å². The van der Waals surface area contributed by atoms with Crippen LogP contribution in [0.3, 0.4) is 0 Å². The molecule has 29 heavy (non-hydrogen) atoms. The van der Waals surface area contributed by atoms with Crippen molar-refractivity contribution in [2.45, 2.75) is 6.54 Å². The van der Waals surface area contributed by atoms with Crippen molar-refractivity contribution in [2.75, 3.05) is 7.11 Å². The predicted molar refractivity (Wildman–Crippen MR) is 113 cm³/mol. The van der Waals surface area contributed by atoms with Crippen LogP contribution in [0.25, 0.3) is 38.9 Å². The van der Waals surface area contributed by atoms with Gasteiger partial charge in [0.15, 0.2) is 11.3 Å². The van der Waals surface area contributed by atoms with E-state index >= 15 is 0 Å². The molecule has 7 heteroatoms. The number of aromatic nitrogens is 5. The molecule has 3 aromatic heterocycles. The Balaban J connectivity index is 2.02. The first-order valence-electron chi connectivity index (χ1n) is 9.13. The van der Waals surface area contributed by atoms with E-state index in [1.807, 2.05) is 53.1 Å². The molecule has 0 atom stereocenters. The smallest absolute Gasteiger partial charge is 0.265 e. The fourth-order valence-corrected chi connectivity index (χ4v) is 3.58. The third-order valence-electron chi connectivity index (χ3n) is 4.88. The van der Waals surface area contributed by atoms with Gasteiger partial charge in [0.1, 0.15) is 23.0 Å². The Morgan fingerprint density at radius 3 is 2.52 bits per heavy atom. The van der Waals surface area contributed by atoms with Gasteiger partial charge >= 0.3 is 0 Å². The molecular formula is C22H17N5O2. The van der Waals surface area contributed by atoms with E-state index in [1.165, 1.54) is 10.9 Å². The molecular weight excluding hydrogens is 366 g/mol. The highest BCUT2D eigenvalue weighted by Gasteiger charge is 2.22. The Hall–Kier alpha value is -4.00. The Kier molecular flexibility index (Phi) is 3.87. The highest BCUT2D eigenvalue weighted by Crippen LogP contribution is 2.32. The van der Waals surface area contributed by atoms with Crippen molar-refractivity contribution in [3.8, 4) is 11.4 Å². The van der Waals surface area contributed by atoms with Gasteiger partial charge in [-0.1, -0.05) is 30.3 Å². The molecule has 0 bridgehead atoms. The molecule has 5 rings (SSSR count). The fraction of sp³-hybridized carbons (Fsp3) is 0.0909. The monoisotopic (exact) mass is 383 g/mol. The first-order chi connectivity index (χ1) is 14.2. The van der Waals surface area contributed by atoms with Crippen molar-refractivity contribution in [1.29, 1.82) is 0 Å². The van der Waals surface area contributed by atoms with Gasteiger partial charge in [-0.25, -0.2) is 15.0 Å². The molecule has 0 aliphatic rings. The number of rotatable bonds is 4. The van der Waals surface area contributed by atoms with Crippen LogP contribution in [0.1, 0.15) is 0 Å². The number of para-hydroxylation sites is 4. The molecule has 0 aliphatic heterocycles. The molecule has 2 aromatic carbocycles. The molecule has 142 valence electrons. The van der Waals surface area contributed by atoms with Crippen LogP contribution in [0, 0.1) is 0 Å². The summed E-state index contributed by atoms with van der Waals surface area (Å²) < 4.78 is 8.90. The van der Waals surface area contributed by atoms with Crippen LogP contribution in [0.4, 0.5) is 0 Å². The van der Waals surface area contributed by atoms with Crippen LogP contribution in [0.2, 0.25) is 0 Å². The van der Waals surface area contributed by atoms with Crippen molar-refractivity contribution in [1.82, 2.24) is 24.1 Å². The molecule has 7 nitrogen and oxygen atoms in total. The van der Waals surface area contributed by atoms with Crippen LogP contribution in [0.15, 0.2) is 72.3 Å². The summed E-state index contributed by atoms with van der Waals surface area (Å²) in [6.45, 7) is 4.08. The number of allylic oxidation sites excluding steroid dienone is 1. The number of benzene rings is 2. The zero-order valence-electron chi connectivity index (χ0n) is 15.7. The topological polar surface area (TPSA) is 74.8 Å². The number of hydrogen-bond donors (Lipinski definition) is 0. The summed E-state index contributed by atoms with van der Waals surface area (Å²) >= 11 is 0. The Morgan fingerprint density at radius 2 is 1.76 bits per heavy atom. The summed E-state index contributed by atoms with van der Waals surface area (Å²) in [7, 11) is 1.61. The second-order valence-corrected chi connectivity index (χ2v) is 6.58. The second-order valence-electron chi connectivity index (χ2n) is 6.58. The fourth-order valence-electron chi connectivity index (χ4n) is 3.58. The maximum atomic E-state index is 13.2. The quantitative estimate of drug-likeness (QED) is 0.444. The molecule has 0 radical (unpaired) electrons. The summed E-state index contributed by atoms with van der Waals surface area (Å²) in [5.41, 5.74) is 3.59. The van der Waals surface area contributed by atoms with Crippen molar-refractivity contribution < 1.29 is 4.74 Å². The molecule has 5 aromatic rings. The van der Waals surface area contributed by atoms with Gasteiger partial charge in [0.25, 0.3) is 5.56 Å².